The first-order valence-electron chi connectivity index (χ1n) is 12.7. The summed E-state index contributed by atoms with van der Waals surface area (Å²) in [4.78, 5) is 31.2. The summed E-state index contributed by atoms with van der Waals surface area (Å²) in [7, 11) is 1.67. The number of nitrogens with one attached hydrogen (secondary N) is 1. The molecule has 1 aliphatic heterocycles. The summed E-state index contributed by atoms with van der Waals surface area (Å²) >= 11 is 5.82. The van der Waals surface area contributed by atoms with Crippen molar-refractivity contribution in [1.82, 2.24) is 14.5 Å². The zero-order chi connectivity index (χ0) is 27.4. The topological polar surface area (TPSA) is 108 Å². The summed E-state index contributed by atoms with van der Waals surface area (Å²) < 4.78 is 45.7. The number of hydrogen-bond acceptors (Lipinski definition) is 5. The highest BCUT2D eigenvalue weighted by atomic mass is 35.5. The number of halogens is 4. The summed E-state index contributed by atoms with van der Waals surface area (Å²) in [5, 5.41) is 23.2. The van der Waals surface area contributed by atoms with Gasteiger partial charge in [0, 0.05) is 31.7 Å². The first-order valence-corrected chi connectivity index (χ1v) is 13.1. The van der Waals surface area contributed by atoms with Crippen LogP contribution in [0.2, 0.25) is 5.02 Å². The number of carbonyl (C=O) groups is 2. The molecule has 8 nitrogen and oxygen atoms in total. The van der Waals surface area contributed by atoms with Gasteiger partial charge in [0.05, 0.1) is 23.1 Å². The third-order valence-electron chi connectivity index (χ3n) is 8.39. The van der Waals surface area contributed by atoms with E-state index in [4.69, 9.17) is 11.6 Å². The van der Waals surface area contributed by atoms with Crippen LogP contribution >= 0.6 is 11.6 Å². The van der Waals surface area contributed by atoms with Gasteiger partial charge in [0.2, 0.25) is 0 Å². The molecule has 12 heteroatoms. The monoisotopic (exact) mass is 554 g/mol. The van der Waals surface area contributed by atoms with Crippen LogP contribution in [0.25, 0.3) is 0 Å². The highest BCUT2D eigenvalue weighted by molar-refractivity contribution is 6.31. The number of aliphatic hydroxyl groups is 2. The molecule has 206 valence electrons. The zero-order valence-corrected chi connectivity index (χ0v) is 21.6. The molecule has 1 saturated heterocycles. The molecule has 2 amide bonds. The molecule has 2 saturated carbocycles. The SMILES string of the molecule is Cn1cnc(C2CC3CC(O)(C(F)(F)C(=O)N4CCC(O)CC4)CC3C2)c1C(=O)Nc1ccc(F)c(Cl)c1. The average molecular weight is 555 g/mol. The molecule has 5 rings (SSSR count). The van der Waals surface area contributed by atoms with E-state index in [9.17, 15) is 24.2 Å². The lowest BCUT2D eigenvalue weighted by Gasteiger charge is -2.38. The highest BCUT2D eigenvalue weighted by Gasteiger charge is 2.65. The average Bonchev–Trinajstić information content (AvgIpc) is 3.52. The van der Waals surface area contributed by atoms with Gasteiger partial charge in [-0.2, -0.15) is 8.78 Å². The molecule has 2 aliphatic carbocycles. The largest absolute Gasteiger partial charge is 0.393 e. The number of imidazole rings is 1. The normalized spacial score (nSPS) is 28.0. The summed E-state index contributed by atoms with van der Waals surface area (Å²) in [6.07, 6.45) is 1.85. The second-order valence-electron chi connectivity index (χ2n) is 10.9. The Morgan fingerprint density at radius 2 is 1.82 bits per heavy atom. The van der Waals surface area contributed by atoms with Crippen LogP contribution in [-0.2, 0) is 11.8 Å². The number of aromatic nitrogens is 2. The first kappa shape index (κ1) is 27.0. The second kappa shape index (κ2) is 9.84. The van der Waals surface area contributed by atoms with Gasteiger partial charge in [-0.3, -0.25) is 9.59 Å². The van der Waals surface area contributed by atoms with Crippen LogP contribution in [-0.4, -0.2) is 67.2 Å². The number of piperidine rings is 1. The smallest absolute Gasteiger partial charge is 0.352 e. The molecular weight excluding hydrogens is 525 g/mol. The summed E-state index contributed by atoms with van der Waals surface area (Å²) in [5.74, 6) is -7.05. The van der Waals surface area contributed by atoms with Crippen molar-refractivity contribution in [2.45, 2.75) is 62.1 Å². The van der Waals surface area contributed by atoms with Crippen molar-refractivity contribution in [3.8, 4) is 0 Å². The molecule has 2 atom stereocenters. The Morgan fingerprint density at radius 3 is 2.42 bits per heavy atom. The number of carbonyl (C=O) groups excluding carboxylic acids is 2. The number of nitrogens with zero attached hydrogens (tertiary/aromatic N) is 3. The lowest BCUT2D eigenvalue weighted by Crippen LogP contribution is -2.58. The van der Waals surface area contributed by atoms with Crippen LogP contribution in [0.15, 0.2) is 24.5 Å². The van der Waals surface area contributed by atoms with Crippen molar-refractivity contribution in [2.75, 3.05) is 18.4 Å². The minimum Gasteiger partial charge on any atom is -0.393 e. The van der Waals surface area contributed by atoms with Crippen LogP contribution in [0.3, 0.4) is 0 Å². The van der Waals surface area contributed by atoms with E-state index in [0.29, 0.717) is 29.9 Å². The van der Waals surface area contributed by atoms with Crippen LogP contribution in [0.5, 0.6) is 0 Å². The molecule has 38 heavy (non-hydrogen) atoms. The Morgan fingerprint density at radius 1 is 1.18 bits per heavy atom. The predicted molar refractivity (Wildman–Crippen MR) is 132 cm³/mol. The van der Waals surface area contributed by atoms with Crippen molar-refractivity contribution in [3.63, 3.8) is 0 Å². The molecule has 0 spiro atoms. The number of anilines is 1. The van der Waals surface area contributed by atoms with Gasteiger partial charge in [-0.25, -0.2) is 9.37 Å². The van der Waals surface area contributed by atoms with E-state index in [1.54, 1.807) is 11.6 Å². The third-order valence-corrected chi connectivity index (χ3v) is 8.68. The maximum Gasteiger partial charge on any atom is 0.352 e. The summed E-state index contributed by atoms with van der Waals surface area (Å²) in [6.45, 7) is 0.0739. The molecule has 0 bridgehead atoms. The van der Waals surface area contributed by atoms with E-state index < -0.39 is 35.3 Å². The molecule has 2 aromatic rings. The van der Waals surface area contributed by atoms with Crippen molar-refractivity contribution >= 4 is 29.1 Å². The van der Waals surface area contributed by atoms with Gasteiger partial charge in [0.15, 0.2) is 0 Å². The molecule has 1 aromatic carbocycles. The summed E-state index contributed by atoms with van der Waals surface area (Å²) in [5.41, 5.74) is -1.28. The van der Waals surface area contributed by atoms with Gasteiger partial charge in [-0.15, -0.1) is 0 Å². The number of aryl methyl sites for hydroxylation is 1. The minimum absolute atomic E-state index is 0.0370. The Labute approximate surface area is 222 Å². The van der Waals surface area contributed by atoms with Crippen molar-refractivity contribution in [2.24, 2.45) is 18.9 Å². The maximum absolute atomic E-state index is 15.3. The number of fused-ring (bicyclic) bond motifs is 1. The van der Waals surface area contributed by atoms with Crippen LogP contribution in [0.1, 0.15) is 60.6 Å². The molecule has 3 N–H and O–H groups in total. The van der Waals surface area contributed by atoms with E-state index in [0.717, 1.165) is 11.0 Å². The minimum atomic E-state index is -3.93. The third kappa shape index (κ3) is 4.69. The molecule has 1 aromatic heterocycles. The van der Waals surface area contributed by atoms with Gasteiger partial charge in [0.25, 0.3) is 11.8 Å². The highest BCUT2D eigenvalue weighted by Crippen LogP contribution is 2.57. The number of alkyl halides is 2. The van der Waals surface area contributed by atoms with Gasteiger partial charge >= 0.3 is 5.92 Å². The molecular formula is C26H30ClF3N4O4. The first-order chi connectivity index (χ1) is 17.9. The van der Waals surface area contributed by atoms with E-state index in [1.165, 1.54) is 18.5 Å². The number of benzene rings is 1. The molecule has 3 aliphatic rings. The van der Waals surface area contributed by atoms with Crippen LogP contribution in [0.4, 0.5) is 18.9 Å². The zero-order valence-electron chi connectivity index (χ0n) is 20.8. The fraction of sp³-hybridized carbons (Fsp3) is 0.577. The summed E-state index contributed by atoms with van der Waals surface area (Å²) in [6, 6.07) is 3.85. The van der Waals surface area contributed by atoms with Crippen LogP contribution < -0.4 is 5.32 Å². The van der Waals surface area contributed by atoms with E-state index in [2.05, 4.69) is 10.3 Å². The van der Waals surface area contributed by atoms with Crippen LogP contribution in [0, 0.1) is 17.7 Å². The Bertz CT molecular complexity index is 1230. The Balaban J connectivity index is 1.27. The van der Waals surface area contributed by atoms with E-state index >= 15 is 8.78 Å². The fourth-order valence-corrected chi connectivity index (χ4v) is 6.58. The number of amides is 2. The number of rotatable bonds is 5. The number of aliphatic hydroxyl groups excluding tert-OH is 1. The van der Waals surface area contributed by atoms with Gasteiger partial charge in [-0.05, 0) is 68.6 Å². The molecule has 2 heterocycles. The van der Waals surface area contributed by atoms with Gasteiger partial charge < -0.3 is 25.0 Å². The predicted octanol–water partition coefficient (Wildman–Crippen LogP) is 3.72. The van der Waals surface area contributed by atoms with E-state index in [1.807, 2.05) is 0 Å². The fourth-order valence-electron chi connectivity index (χ4n) is 6.40. The second-order valence-corrected chi connectivity index (χ2v) is 11.3. The number of hydrogen-bond donors (Lipinski definition) is 3. The van der Waals surface area contributed by atoms with Crippen molar-refractivity contribution in [3.05, 3.63) is 46.8 Å². The van der Waals surface area contributed by atoms with Gasteiger partial charge in [-0.1, -0.05) is 11.6 Å². The van der Waals surface area contributed by atoms with Gasteiger partial charge in [0.1, 0.15) is 17.1 Å². The quantitative estimate of drug-likeness (QED) is 0.522. The Hall–Kier alpha value is -2.63. The molecule has 2 unspecified atom stereocenters. The molecule has 0 radical (unpaired) electrons. The lowest BCUT2D eigenvalue weighted by molar-refractivity contribution is -0.203. The van der Waals surface area contributed by atoms with Crippen molar-refractivity contribution < 1.29 is 33.0 Å². The lowest BCUT2D eigenvalue weighted by atomic mass is 9.86. The Kier molecular flexibility index (Phi) is 6.98. The van der Waals surface area contributed by atoms with E-state index in [-0.39, 0.29) is 61.5 Å². The maximum atomic E-state index is 15.3. The molecule has 3 fully saturated rings. The van der Waals surface area contributed by atoms with Crippen molar-refractivity contribution in [1.29, 1.82) is 0 Å². The standard InChI is InChI=1S/C26H30ClF3N4O4/c1-33-13-31-21(22(33)23(36)32-17-2-3-20(28)19(27)10-17)14-8-15-11-25(38,12-16(15)9-14)26(29,30)24(37)34-6-4-18(35)5-7-34/h2-3,10,13-16,18,35,38H,4-9,11-12H2,1H3,(H,32,36). The number of likely N-dealkylation sites (tertiary alicyclic amines) is 1.